The maximum atomic E-state index is 4.42. The van der Waals surface area contributed by atoms with E-state index in [2.05, 4.69) is 45.8 Å². The first kappa shape index (κ1) is 13.3. The first-order valence-corrected chi connectivity index (χ1v) is 7.34. The molecule has 1 atom stereocenters. The second-order valence-electron chi connectivity index (χ2n) is 5.95. The Morgan fingerprint density at radius 2 is 1.90 bits per heavy atom. The number of nitrogens with zero attached hydrogens (tertiary/aromatic N) is 3. The third-order valence-electron chi connectivity index (χ3n) is 4.60. The van der Waals surface area contributed by atoms with E-state index in [9.17, 15) is 0 Å². The summed E-state index contributed by atoms with van der Waals surface area (Å²) in [6.07, 6.45) is 10.1. The molecule has 0 radical (unpaired) electrons. The lowest BCUT2D eigenvalue weighted by Gasteiger charge is -2.35. The summed E-state index contributed by atoms with van der Waals surface area (Å²) in [4.78, 5) is 8.52. The van der Waals surface area contributed by atoms with E-state index in [4.69, 9.17) is 0 Å². The van der Waals surface area contributed by atoms with Crippen LogP contribution in [0.5, 0.6) is 0 Å². The smallest absolute Gasteiger partial charge is 0.0954 e. The maximum absolute atomic E-state index is 4.42. The highest BCUT2D eigenvalue weighted by molar-refractivity contribution is 5.22. The minimum Gasteiger partial charge on any atom is -0.327 e. The molecule has 3 heterocycles. The minimum atomic E-state index is 0.225. The van der Waals surface area contributed by atoms with Gasteiger partial charge in [0, 0.05) is 29.7 Å². The molecule has 106 valence electrons. The molecule has 20 heavy (non-hydrogen) atoms. The van der Waals surface area contributed by atoms with Gasteiger partial charge in [0.2, 0.25) is 0 Å². The number of hydrogen-bond acceptors (Lipinski definition) is 3. The van der Waals surface area contributed by atoms with Crippen LogP contribution in [0.15, 0.2) is 37.1 Å². The van der Waals surface area contributed by atoms with Gasteiger partial charge in [0.15, 0.2) is 0 Å². The van der Waals surface area contributed by atoms with E-state index in [0.717, 1.165) is 13.1 Å². The van der Waals surface area contributed by atoms with Crippen molar-refractivity contribution in [3.8, 4) is 0 Å². The fourth-order valence-corrected chi connectivity index (χ4v) is 3.12. The molecule has 2 aromatic rings. The number of imidazole rings is 1. The van der Waals surface area contributed by atoms with Gasteiger partial charge in [0.1, 0.15) is 0 Å². The molecule has 1 fully saturated rings. The number of rotatable bonds is 3. The molecule has 0 aromatic carbocycles. The van der Waals surface area contributed by atoms with Crippen molar-refractivity contribution in [3.63, 3.8) is 0 Å². The average molecular weight is 270 g/mol. The quantitative estimate of drug-likeness (QED) is 0.932. The van der Waals surface area contributed by atoms with E-state index in [1.54, 1.807) is 0 Å². The van der Waals surface area contributed by atoms with E-state index in [0.29, 0.717) is 6.04 Å². The first-order chi connectivity index (χ1) is 9.71. The van der Waals surface area contributed by atoms with Gasteiger partial charge < -0.3 is 9.88 Å². The number of pyridine rings is 1. The van der Waals surface area contributed by atoms with Gasteiger partial charge in [-0.25, -0.2) is 4.98 Å². The predicted molar refractivity (Wildman–Crippen MR) is 79.7 cm³/mol. The Balaban J connectivity index is 1.94. The molecule has 1 saturated heterocycles. The molecule has 4 nitrogen and oxygen atoms in total. The SMILES string of the molecule is CC(c1ccncc1)n1cncc1C1(C)CCNCC1. The molecule has 3 rings (SSSR count). The second kappa shape index (κ2) is 5.37. The van der Waals surface area contributed by atoms with E-state index in [1.807, 2.05) is 24.9 Å². The van der Waals surface area contributed by atoms with Gasteiger partial charge in [0.05, 0.1) is 12.4 Å². The maximum Gasteiger partial charge on any atom is 0.0954 e. The summed E-state index contributed by atoms with van der Waals surface area (Å²) in [5.41, 5.74) is 2.85. The largest absolute Gasteiger partial charge is 0.327 e. The highest BCUT2D eigenvalue weighted by Gasteiger charge is 2.32. The highest BCUT2D eigenvalue weighted by atomic mass is 15.1. The summed E-state index contributed by atoms with van der Waals surface area (Å²) in [6, 6.07) is 4.46. The Bertz CT molecular complexity index is 555. The summed E-state index contributed by atoms with van der Waals surface area (Å²) >= 11 is 0. The van der Waals surface area contributed by atoms with Crippen molar-refractivity contribution >= 4 is 0 Å². The zero-order valence-corrected chi connectivity index (χ0v) is 12.2. The van der Waals surface area contributed by atoms with Crippen molar-refractivity contribution in [3.05, 3.63) is 48.3 Å². The minimum absolute atomic E-state index is 0.225. The number of nitrogens with one attached hydrogen (secondary N) is 1. The molecular formula is C16H22N4. The number of aromatic nitrogens is 3. The van der Waals surface area contributed by atoms with Crippen molar-refractivity contribution in [2.24, 2.45) is 0 Å². The van der Waals surface area contributed by atoms with Crippen molar-refractivity contribution in [2.45, 2.75) is 38.1 Å². The molecule has 1 N–H and O–H groups in total. The fraction of sp³-hybridized carbons (Fsp3) is 0.500. The summed E-state index contributed by atoms with van der Waals surface area (Å²) in [5, 5.41) is 3.44. The summed E-state index contributed by atoms with van der Waals surface area (Å²) < 4.78 is 2.32. The van der Waals surface area contributed by atoms with Gasteiger partial charge in [0.25, 0.3) is 0 Å². The molecule has 1 unspecified atom stereocenters. The molecule has 1 aliphatic rings. The summed E-state index contributed by atoms with van der Waals surface area (Å²) in [5.74, 6) is 0. The lowest BCUT2D eigenvalue weighted by molar-refractivity contribution is 0.314. The van der Waals surface area contributed by atoms with Gasteiger partial charge in [-0.3, -0.25) is 4.98 Å². The molecule has 0 spiro atoms. The van der Waals surface area contributed by atoms with E-state index >= 15 is 0 Å². The third-order valence-corrected chi connectivity index (χ3v) is 4.60. The molecule has 0 aliphatic carbocycles. The number of piperidine rings is 1. The topological polar surface area (TPSA) is 42.7 Å². The standard InChI is InChI=1S/C16H22N4/c1-13(14-3-7-17-8-4-14)20-12-19-11-15(20)16(2)5-9-18-10-6-16/h3-4,7-8,11-13,18H,5-6,9-10H2,1-2H3. The first-order valence-electron chi connectivity index (χ1n) is 7.34. The van der Waals surface area contributed by atoms with Crippen LogP contribution in [0.4, 0.5) is 0 Å². The Hall–Kier alpha value is -1.68. The fourth-order valence-electron chi connectivity index (χ4n) is 3.12. The highest BCUT2D eigenvalue weighted by Crippen LogP contribution is 2.34. The van der Waals surface area contributed by atoms with Crippen molar-refractivity contribution in [1.29, 1.82) is 0 Å². The number of hydrogen-bond donors (Lipinski definition) is 1. The Morgan fingerprint density at radius 1 is 1.20 bits per heavy atom. The van der Waals surface area contributed by atoms with Crippen molar-refractivity contribution in [2.75, 3.05) is 13.1 Å². The van der Waals surface area contributed by atoms with Crippen LogP contribution in [0.3, 0.4) is 0 Å². The van der Waals surface area contributed by atoms with Crippen LogP contribution in [0, 0.1) is 0 Å². The lowest BCUT2D eigenvalue weighted by Crippen LogP contribution is -2.39. The van der Waals surface area contributed by atoms with Crippen LogP contribution < -0.4 is 5.32 Å². The molecule has 2 aromatic heterocycles. The van der Waals surface area contributed by atoms with Gasteiger partial charge in [-0.2, -0.15) is 0 Å². The van der Waals surface area contributed by atoms with Crippen LogP contribution >= 0.6 is 0 Å². The van der Waals surface area contributed by atoms with E-state index in [-0.39, 0.29) is 5.41 Å². The summed E-state index contributed by atoms with van der Waals surface area (Å²) in [6.45, 7) is 6.77. The van der Waals surface area contributed by atoms with E-state index in [1.165, 1.54) is 24.1 Å². The lowest BCUT2D eigenvalue weighted by atomic mass is 9.78. The van der Waals surface area contributed by atoms with Crippen molar-refractivity contribution in [1.82, 2.24) is 19.9 Å². The van der Waals surface area contributed by atoms with Crippen LogP contribution in [0.2, 0.25) is 0 Å². The monoisotopic (exact) mass is 270 g/mol. The summed E-state index contributed by atoms with van der Waals surface area (Å²) in [7, 11) is 0. The Kier molecular flexibility index (Phi) is 3.57. The van der Waals surface area contributed by atoms with Crippen LogP contribution in [-0.4, -0.2) is 27.6 Å². The van der Waals surface area contributed by atoms with Gasteiger partial charge in [-0.05, 0) is 50.6 Å². The van der Waals surface area contributed by atoms with Crippen LogP contribution in [0.25, 0.3) is 0 Å². The van der Waals surface area contributed by atoms with Crippen LogP contribution in [0.1, 0.15) is 44.0 Å². The van der Waals surface area contributed by atoms with Gasteiger partial charge in [-0.1, -0.05) is 6.92 Å². The van der Waals surface area contributed by atoms with Gasteiger partial charge >= 0.3 is 0 Å². The zero-order chi connectivity index (χ0) is 14.0. The molecule has 1 aliphatic heterocycles. The third kappa shape index (κ3) is 2.36. The van der Waals surface area contributed by atoms with Crippen LogP contribution in [-0.2, 0) is 5.41 Å². The normalized spacial score (nSPS) is 19.7. The van der Waals surface area contributed by atoms with Gasteiger partial charge in [-0.15, -0.1) is 0 Å². The van der Waals surface area contributed by atoms with E-state index < -0.39 is 0 Å². The molecule has 0 saturated carbocycles. The predicted octanol–water partition coefficient (Wildman–Crippen LogP) is 2.53. The molecular weight excluding hydrogens is 248 g/mol. The molecule has 0 amide bonds. The Morgan fingerprint density at radius 3 is 2.60 bits per heavy atom. The van der Waals surface area contributed by atoms with Crippen molar-refractivity contribution < 1.29 is 0 Å². The Labute approximate surface area is 120 Å². The molecule has 0 bridgehead atoms. The zero-order valence-electron chi connectivity index (χ0n) is 12.2. The second-order valence-corrected chi connectivity index (χ2v) is 5.95. The molecule has 4 heteroatoms. The average Bonchev–Trinajstić information content (AvgIpc) is 2.98.